The molecule has 2 rings (SSSR count). The second kappa shape index (κ2) is 6.10. The molecule has 0 saturated heterocycles. The van der Waals surface area contributed by atoms with Crippen LogP contribution in [0.2, 0.25) is 15.1 Å². The van der Waals surface area contributed by atoms with E-state index in [2.05, 4.69) is 0 Å². The van der Waals surface area contributed by atoms with Crippen molar-refractivity contribution in [3.05, 3.63) is 68.4 Å². The molecule has 2 aromatic carbocycles. The van der Waals surface area contributed by atoms with Crippen molar-refractivity contribution >= 4 is 34.8 Å². The molecule has 1 atom stereocenters. The molecular weight excluding hydrogens is 310 g/mol. The van der Waals surface area contributed by atoms with Crippen molar-refractivity contribution in [2.24, 2.45) is 0 Å². The Labute approximate surface area is 125 Å². The minimum Gasteiger partial charge on any atom is -0.388 e. The number of aliphatic hydroxyl groups is 1. The van der Waals surface area contributed by atoms with Crippen molar-refractivity contribution in [1.29, 1.82) is 0 Å². The van der Waals surface area contributed by atoms with Gasteiger partial charge in [-0.1, -0.05) is 53.0 Å². The van der Waals surface area contributed by atoms with Gasteiger partial charge in [0.15, 0.2) is 0 Å². The van der Waals surface area contributed by atoms with Crippen LogP contribution in [0.4, 0.5) is 4.39 Å². The van der Waals surface area contributed by atoms with Crippen molar-refractivity contribution < 1.29 is 9.50 Å². The summed E-state index contributed by atoms with van der Waals surface area (Å²) in [7, 11) is 0. The summed E-state index contributed by atoms with van der Waals surface area (Å²) in [5.74, 6) is -0.511. The second-order valence-corrected chi connectivity index (χ2v) is 5.30. The van der Waals surface area contributed by atoms with Gasteiger partial charge in [0.2, 0.25) is 0 Å². The minimum atomic E-state index is -0.855. The Morgan fingerprint density at radius 2 is 1.79 bits per heavy atom. The Kier molecular flexibility index (Phi) is 4.69. The van der Waals surface area contributed by atoms with E-state index < -0.39 is 11.9 Å². The number of hydrogen-bond donors (Lipinski definition) is 1. The molecule has 1 N–H and O–H groups in total. The Bertz CT molecular complexity index is 601. The largest absolute Gasteiger partial charge is 0.388 e. The van der Waals surface area contributed by atoms with Gasteiger partial charge in [-0.2, -0.15) is 0 Å². The van der Waals surface area contributed by atoms with Crippen molar-refractivity contribution in [3.8, 4) is 0 Å². The average Bonchev–Trinajstić information content (AvgIpc) is 2.37. The van der Waals surface area contributed by atoms with Crippen LogP contribution in [-0.2, 0) is 6.42 Å². The molecule has 1 unspecified atom stereocenters. The fraction of sp³-hybridized carbons (Fsp3) is 0.143. The van der Waals surface area contributed by atoms with Gasteiger partial charge in [-0.3, -0.25) is 0 Å². The number of hydrogen-bond acceptors (Lipinski definition) is 1. The SMILES string of the molecule is OC(Cc1ccc(Cl)c(F)c1)c1cccc(Cl)c1Cl. The maximum absolute atomic E-state index is 13.3. The third-order valence-corrected chi connectivity index (χ3v) is 3.89. The maximum atomic E-state index is 13.3. The molecular formula is C14H10Cl3FO. The lowest BCUT2D eigenvalue weighted by molar-refractivity contribution is 0.178. The molecule has 0 radical (unpaired) electrons. The van der Waals surface area contributed by atoms with Crippen molar-refractivity contribution in [1.82, 2.24) is 0 Å². The van der Waals surface area contributed by atoms with E-state index in [9.17, 15) is 9.50 Å². The lowest BCUT2D eigenvalue weighted by Crippen LogP contribution is -2.03. The first-order chi connectivity index (χ1) is 8.99. The number of rotatable bonds is 3. The second-order valence-electron chi connectivity index (χ2n) is 4.11. The third kappa shape index (κ3) is 3.40. The molecule has 0 heterocycles. The number of aliphatic hydroxyl groups excluding tert-OH is 1. The molecule has 0 aliphatic rings. The summed E-state index contributed by atoms with van der Waals surface area (Å²) >= 11 is 17.5. The van der Waals surface area contributed by atoms with E-state index in [1.165, 1.54) is 12.1 Å². The summed E-state index contributed by atoms with van der Waals surface area (Å²) < 4.78 is 13.3. The Morgan fingerprint density at radius 3 is 2.47 bits per heavy atom. The Morgan fingerprint density at radius 1 is 1.05 bits per heavy atom. The first-order valence-corrected chi connectivity index (χ1v) is 6.68. The topological polar surface area (TPSA) is 20.2 Å². The maximum Gasteiger partial charge on any atom is 0.142 e. The van der Waals surface area contributed by atoms with Crippen LogP contribution >= 0.6 is 34.8 Å². The smallest absolute Gasteiger partial charge is 0.142 e. The van der Waals surface area contributed by atoms with Crippen LogP contribution in [0.1, 0.15) is 17.2 Å². The molecule has 0 aliphatic carbocycles. The third-order valence-electron chi connectivity index (χ3n) is 2.75. The van der Waals surface area contributed by atoms with E-state index in [0.717, 1.165) is 0 Å². The molecule has 0 saturated carbocycles. The molecule has 0 spiro atoms. The van der Waals surface area contributed by atoms with Crippen LogP contribution < -0.4 is 0 Å². The van der Waals surface area contributed by atoms with E-state index >= 15 is 0 Å². The van der Waals surface area contributed by atoms with Crippen LogP contribution in [0.3, 0.4) is 0 Å². The molecule has 0 fully saturated rings. The fourth-order valence-corrected chi connectivity index (χ4v) is 2.33. The van der Waals surface area contributed by atoms with Gasteiger partial charge < -0.3 is 5.11 Å². The standard InChI is InChI=1S/C14H10Cl3FO/c15-10-5-4-8(6-12(10)18)7-13(19)9-2-1-3-11(16)14(9)17/h1-6,13,19H,7H2. The first kappa shape index (κ1) is 14.6. The Balaban J connectivity index is 2.23. The Hall–Kier alpha value is -0.800. The van der Waals surface area contributed by atoms with Crippen molar-refractivity contribution in [2.45, 2.75) is 12.5 Å². The van der Waals surface area contributed by atoms with Gasteiger partial charge in [-0.05, 0) is 23.8 Å². The molecule has 0 amide bonds. The van der Waals surface area contributed by atoms with Crippen molar-refractivity contribution in [3.63, 3.8) is 0 Å². The zero-order valence-electron chi connectivity index (χ0n) is 9.71. The van der Waals surface area contributed by atoms with E-state index in [-0.39, 0.29) is 11.4 Å². The zero-order chi connectivity index (χ0) is 14.0. The highest BCUT2D eigenvalue weighted by Crippen LogP contribution is 2.31. The molecule has 5 heteroatoms. The predicted molar refractivity (Wildman–Crippen MR) is 76.5 cm³/mol. The molecule has 100 valence electrons. The van der Waals surface area contributed by atoms with Crippen LogP contribution in [0.5, 0.6) is 0 Å². The molecule has 0 aliphatic heterocycles. The summed E-state index contributed by atoms with van der Waals surface area (Å²) in [5.41, 5.74) is 1.15. The summed E-state index contributed by atoms with van der Waals surface area (Å²) in [6.07, 6.45) is -0.625. The normalized spacial score (nSPS) is 12.5. The highest BCUT2D eigenvalue weighted by molar-refractivity contribution is 6.42. The highest BCUT2D eigenvalue weighted by Gasteiger charge is 2.15. The van der Waals surface area contributed by atoms with Gasteiger partial charge in [0, 0.05) is 12.0 Å². The van der Waals surface area contributed by atoms with Crippen LogP contribution in [-0.4, -0.2) is 5.11 Å². The molecule has 2 aromatic rings. The van der Waals surface area contributed by atoms with Gasteiger partial charge >= 0.3 is 0 Å². The van der Waals surface area contributed by atoms with Gasteiger partial charge in [0.25, 0.3) is 0 Å². The lowest BCUT2D eigenvalue weighted by atomic mass is 10.0. The van der Waals surface area contributed by atoms with Gasteiger partial charge in [-0.25, -0.2) is 4.39 Å². The van der Waals surface area contributed by atoms with E-state index in [1.807, 2.05) is 0 Å². The fourth-order valence-electron chi connectivity index (χ4n) is 1.78. The van der Waals surface area contributed by atoms with Crippen molar-refractivity contribution in [2.75, 3.05) is 0 Å². The summed E-state index contributed by atoms with van der Waals surface area (Å²) in [4.78, 5) is 0. The monoisotopic (exact) mass is 318 g/mol. The predicted octanol–water partition coefficient (Wildman–Crippen LogP) is 5.06. The summed E-state index contributed by atoms with van der Waals surface area (Å²) in [6, 6.07) is 9.44. The van der Waals surface area contributed by atoms with Crippen LogP contribution in [0.15, 0.2) is 36.4 Å². The van der Waals surface area contributed by atoms with Gasteiger partial charge in [0.05, 0.1) is 21.2 Å². The summed E-state index contributed by atoms with van der Waals surface area (Å²) in [5, 5.41) is 10.9. The van der Waals surface area contributed by atoms with Gasteiger partial charge in [0.1, 0.15) is 5.82 Å². The lowest BCUT2D eigenvalue weighted by Gasteiger charge is -2.13. The molecule has 19 heavy (non-hydrogen) atoms. The highest BCUT2D eigenvalue weighted by atomic mass is 35.5. The van der Waals surface area contributed by atoms with Crippen LogP contribution in [0.25, 0.3) is 0 Å². The minimum absolute atomic E-state index is 0.0547. The quantitative estimate of drug-likeness (QED) is 0.838. The van der Waals surface area contributed by atoms with E-state index in [4.69, 9.17) is 34.8 Å². The molecule has 1 nitrogen and oxygen atoms in total. The average molecular weight is 320 g/mol. The summed E-state index contributed by atoms with van der Waals surface area (Å²) in [6.45, 7) is 0. The first-order valence-electron chi connectivity index (χ1n) is 5.55. The van der Waals surface area contributed by atoms with Crippen LogP contribution in [0, 0.1) is 5.82 Å². The van der Waals surface area contributed by atoms with Gasteiger partial charge in [-0.15, -0.1) is 0 Å². The zero-order valence-corrected chi connectivity index (χ0v) is 12.0. The number of halogens is 4. The van der Waals surface area contributed by atoms with E-state index in [0.29, 0.717) is 21.2 Å². The molecule has 0 aromatic heterocycles. The van der Waals surface area contributed by atoms with E-state index in [1.54, 1.807) is 24.3 Å². The molecule has 0 bridgehead atoms. The number of benzene rings is 2.